The lowest BCUT2D eigenvalue weighted by molar-refractivity contribution is 0.0930. The van der Waals surface area contributed by atoms with Crippen molar-refractivity contribution in [2.24, 2.45) is 7.05 Å². The van der Waals surface area contributed by atoms with Crippen LogP contribution in [0.4, 0.5) is 0 Å². The van der Waals surface area contributed by atoms with E-state index in [0.29, 0.717) is 0 Å². The van der Waals surface area contributed by atoms with Crippen molar-refractivity contribution in [1.82, 2.24) is 24.9 Å². The average molecular weight is 323 g/mol. The van der Waals surface area contributed by atoms with E-state index in [1.165, 1.54) is 0 Å². The monoisotopic (exact) mass is 323 g/mol. The van der Waals surface area contributed by atoms with Crippen LogP contribution in [0.1, 0.15) is 23.9 Å². The normalized spacial score (nSPS) is 20.5. The first-order valence-electron chi connectivity index (χ1n) is 8.24. The van der Waals surface area contributed by atoms with E-state index in [2.05, 4.69) is 27.6 Å². The zero-order valence-corrected chi connectivity index (χ0v) is 13.7. The highest BCUT2D eigenvalue weighted by molar-refractivity contribution is 5.33. The minimum Gasteiger partial charge on any atom is -0.370 e. The molecule has 6 nitrogen and oxygen atoms in total. The van der Waals surface area contributed by atoms with Crippen LogP contribution in [0.2, 0.25) is 0 Å². The molecule has 1 aliphatic rings. The SMILES string of the molecule is Cn1ccc(CN[C@H]2CCO[C@@H]2c2ccnn2-c2ccccc2)n1. The van der Waals surface area contributed by atoms with Gasteiger partial charge >= 0.3 is 0 Å². The topological polar surface area (TPSA) is 56.9 Å². The summed E-state index contributed by atoms with van der Waals surface area (Å²) in [5.41, 5.74) is 3.17. The van der Waals surface area contributed by atoms with Gasteiger partial charge in [-0.25, -0.2) is 4.68 Å². The van der Waals surface area contributed by atoms with Gasteiger partial charge < -0.3 is 10.1 Å². The second kappa shape index (κ2) is 6.59. The smallest absolute Gasteiger partial charge is 0.115 e. The maximum absolute atomic E-state index is 6.02. The van der Waals surface area contributed by atoms with Crippen molar-refractivity contribution < 1.29 is 4.74 Å². The van der Waals surface area contributed by atoms with Crippen LogP contribution in [-0.2, 0) is 18.3 Å². The van der Waals surface area contributed by atoms with Gasteiger partial charge in [0.05, 0.1) is 17.1 Å². The Labute approximate surface area is 141 Å². The van der Waals surface area contributed by atoms with Gasteiger partial charge in [0.15, 0.2) is 0 Å². The molecule has 0 amide bonds. The Kier molecular flexibility index (Phi) is 4.15. The molecule has 0 saturated carbocycles. The summed E-state index contributed by atoms with van der Waals surface area (Å²) in [6.07, 6.45) is 4.78. The van der Waals surface area contributed by atoms with Gasteiger partial charge in [-0.05, 0) is 30.7 Å². The molecule has 1 fully saturated rings. The highest BCUT2D eigenvalue weighted by atomic mass is 16.5. The number of aromatic nitrogens is 4. The van der Waals surface area contributed by atoms with E-state index in [1.54, 1.807) is 0 Å². The summed E-state index contributed by atoms with van der Waals surface area (Å²) in [4.78, 5) is 0. The Morgan fingerprint density at radius 2 is 2.08 bits per heavy atom. The van der Waals surface area contributed by atoms with E-state index in [4.69, 9.17) is 4.74 Å². The highest BCUT2D eigenvalue weighted by Crippen LogP contribution is 2.30. The summed E-state index contributed by atoms with van der Waals surface area (Å²) in [5, 5.41) is 12.5. The summed E-state index contributed by atoms with van der Waals surface area (Å²) in [6.45, 7) is 1.50. The van der Waals surface area contributed by atoms with Crippen molar-refractivity contribution in [2.75, 3.05) is 6.61 Å². The van der Waals surface area contributed by atoms with E-state index >= 15 is 0 Å². The first-order chi connectivity index (χ1) is 11.8. The molecule has 4 rings (SSSR count). The van der Waals surface area contributed by atoms with Gasteiger partial charge in [0.25, 0.3) is 0 Å². The molecule has 0 spiro atoms. The fraction of sp³-hybridized carbons (Fsp3) is 0.333. The number of ether oxygens (including phenoxy) is 1. The number of nitrogens with zero attached hydrogens (tertiary/aromatic N) is 4. The van der Waals surface area contributed by atoms with Crippen molar-refractivity contribution in [3.05, 3.63) is 66.2 Å². The second-order valence-electron chi connectivity index (χ2n) is 6.05. The van der Waals surface area contributed by atoms with Crippen LogP contribution >= 0.6 is 0 Å². The number of rotatable bonds is 5. The number of aryl methyl sites for hydroxylation is 1. The molecule has 1 aromatic carbocycles. The molecule has 3 aromatic rings. The molecule has 0 radical (unpaired) electrons. The Bertz CT molecular complexity index is 795. The first kappa shape index (κ1) is 15.1. The predicted octanol–water partition coefficient (Wildman–Crippen LogP) is 2.23. The van der Waals surface area contributed by atoms with E-state index in [9.17, 15) is 0 Å². The zero-order chi connectivity index (χ0) is 16.4. The molecule has 124 valence electrons. The molecule has 0 unspecified atom stereocenters. The fourth-order valence-corrected chi connectivity index (χ4v) is 3.20. The van der Waals surface area contributed by atoms with Gasteiger partial charge in [0.2, 0.25) is 0 Å². The third-order valence-electron chi connectivity index (χ3n) is 4.37. The quantitative estimate of drug-likeness (QED) is 0.782. The third kappa shape index (κ3) is 2.98. The van der Waals surface area contributed by atoms with Gasteiger partial charge in [0.1, 0.15) is 6.10 Å². The number of para-hydroxylation sites is 1. The van der Waals surface area contributed by atoms with Crippen LogP contribution in [-0.4, -0.2) is 32.2 Å². The van der Waals surface area contributed by atoms with E-state index in [1.807, 2.05) is 59.1 Å². The first-order valence-corrected chi connectivity index (χ1v) is 8.24. The second-order valence-corrected chi connectivity index (χ2v) is 6.05. The molecular weight excluding hydrogens is 302 g/mol. The van der Waals surface area contributed by atoms with Crippen molar-refractivity contribution in [3.8, 4) is 5.69 Å². The van der Waals surface area contributed by atoms with Crippen LogP contribution in [0.3, 0.4) is 0 Å². The van der Waals surface area contributed by atoms with E-state index < -0.39 is 0 Å². The number of hydrogen-bond donors (Lipinski definition) is 1. The standard InChI is InChI=1S/C18H21N5O/c1-22-11-8-14(21-22)13-19-16-9-12-24-18(16)17-7-10-20-23(17)15-5-3-2-4-6-15/h2-8,10-11,16,18-19H,9,12-13H2,1H3/t16-,18-/m0/s1. The zero-order valence-electron chi connectivity index (χ0n) is 13.7. The summed E-state index contributed by atoms with van der Waals surface area (Å²) < 4.78 is 9.80. The average Bonchev–Trinajstić information content (AvgIpc) is 3.33. The maximum Gasteiger partial charge on any atom is 0.115 e. The fourth-order valence-electron chi connectivity index (χ4n) is 3.20. The molecule has 6 heteroatoms. The van der Waals surface area contributed by atoms with Crippen LogP contribution < -0.4 is 5.32 Å². The molecule has 1 aliphatic heterocycles. The minimum atomic E-state index is -0.00332. The van der Waals surface area contributed by atoms with Gasteiger partial charge in [-0.2, -0.15) is 10.2 Å². The summed E-state index contributed by atoms with van der Waals surface area (Å²) in [6, 6.07) is 14.5. The van der Waals surface area contributed by atoms with Crippen LogP contribution in [0.5, 0.6) is 0 Å². The molecule has 24 heavy (non-hydrogen) atoms. The van der Waals surface area contributed by atoms with E-state index in [0.717, 1.165) is 36.6 Å². The number of nitrogens with one attached hydrogen (secondary N) is 1. The van der Waals surface area contributed by atoms with Crippen LogP contribution in [0, 0.1) is 0 Å². The predicted molar refractivity (Wildman–Crippen MR) is 90.7 cm³/mol. The Balaban J connectivity index is 1.52. The summed E-state index contributed by atoms with van der Waals surface area (Å²) in [7, 11) is 1.93. The molecular formula is C18H21N5O. The number of benzene rings is 1. The van der Waals surface area contributed by atoms with Crippen molar-refractivity contribution in [2.45, 2.75) is 25.1 Å². The molecule has 2 aromatic heterocycles. The van der Waals surface area contributed by atoms with E-state index in [-0.39, 0.29) is 12.1 Å². The van der Waals surface area contributed by atoms with Crippen molar-refractivity contribution >= 4 is 0 Å². The molecule has 0 aliphatic carbocycles. The van der Waals surface area contributed by atoms with Gasteiger partial charge in [-0.1, -0.05) is 18.2 Å². The van der Waals surface area contributed by atoms with Crippen LogP contribution in [0.15, 0.2) is 54.9 Å². The number of hydrogen-bond acceptors (Lipinski definition) is 4. The highest BCUT2D eigenvalue weighted by Gasteiger charge is 2.32. The Morgan fingerprint density at radius 3 is 2.88 bits per heavy atom. The Hall–Kier alpha value is -2.44. The Morgan fingerprint density at radius 1 is 1.21 bits per heavy atom. The van der Waals surface area contributed by atoms with Crippen molar-refractivity contribution in [1.29, 1.82) is 0 Å². The lowest BCUT2D eigenvalue weighted by Gasteiger charge is -2.20. The van der Waals surface area contributed by atoms with Crippen LogP contribution in [0.25, 0.3) is 5.69 Å². The molecule has 2 atom stereocenters. The summed E-state index contributed by atoms with van der Waals surface area (Å²) >= 11 is 0. The van der Waals surface area contributed by atoms with Gasteiger partial charge in [0, 0.05) is 38.6 Å². The molecule has 0 bridgehead atoms. The molecule has 1 N–H and O–H groups in total. The lowest BCUT2D eigenvalue weighted by Crippen LogP contribution is -2.32. The van der Waals surface area contributed by atoms with Crippen molar-refractivity contribution in [3.63, 3.8) is 0 Å². The minimum absolute atomic E-state index is 0.00332. The maximum atomic E-state index is 6.02. The summed E-state index contributed by atoms with van der Waals surface area (Å²) in [5.74, 6) is 0. The largest absolute Gasteiger partial charge is 0.370 e. The molecule has 1 saturated heterocycles. The van der Waals surface area contributed by atoms with Gasteiger partial charge in [-0.15, -0.1) is 0 Å². The van der Waals surface area contributed by atoms with Gasteiger partial charge in [-0.3, -0.25) is 4.68 Å². The third-order valence-corrected chi connectivity index (χ3v) is 4.37. The lowest BCUT2D eigenvalue weighted by atomic mass is 10.1. The molecule has 3 heterocycles.